The first-order valence-electron chi connectivity index (χ1n) is 7.84. The van der Waals surface area contributed by atoms with E-state index in [2.05, 4.69) is 9.55 Å². The Morgan fingerprint density at radius 2 is 1.85 bits per heavy atom. The van der Waals surface area contributed by atoms with Crippen molar-refractivity contribution in [1.82, 2.24) is 9.55 Å². The molecule has 0 saturated heterocycles. The second-order valence-electron chi connectivity index (χ2n) is 7.40. The third-order valence-electron chi connectivity index (χ3n) is 6.05. The van der Waals surface area contributed by atoms with E-state index in [0.29, 0.717) is 0 Å². The number of imidazole rings is 1. The van der Waals surface area contributed by atoms with Gasteiger partial charge < -0.3 is 9.67 Å². The maximum Gasteiger partial charge on any atom is 0.305 e. The molecule has 1 atom stereocenters. The highest BCUT2D eigenvalue weighted by Crippen LogP contribution is 2.64. The molecule has 4 fully saturated rings. The SMILES string of the molecule is O=C(O)CC(n1ccnc1)C12CC3CC(CC(C3)C1)C2. The Kier molecular flexibility index (Phi) is 2.69. The quantitative estimate of drug-likeness (QED) is 0.917. The van der Waals surface area contributed by atoms with Gasteiger partial charge in [0, 0.05) is 12.4 Å². The van der Waals surface area contributed by atoms with E-state index in [4.69, 9.17) is 0 Å². The zero-order valence-electron chi connectivity index (χ0n) is 11.7. The maximum atomic E-state index is 11.4. The van der Waals surface area contributed by atoms with E-state index >= 15 is 0 Å². The Hall–Kier alpha value is -1.32. The Labute approximate surface area is 119 Å². The molecule has 4 nitrogen and oxygen atoms in total. The number of aliphatic carboxylic acids is 1. The van der Waals surface area contributed by atoms with Crippen molar-refractivity contribution in [3.8, 4) is 0 Å². The number of nitrogens with zero attached hydrogens (tertiary/aromatic N) is 2. The van der Waals surface area contributed by atoms with E-state index in [1.165, 1.54) is 38.5 Å². The van der Waals surface area contributed by atoms with E-state index in [9.17, 15) is 9.90 Å². The molecule has 4 aliphatic rings. The van der Waals surface area contributed by atoms with Crippen LogP contribution in [-0.2, 0) is 4.79 Å². The van der Waals surface area contributed by atoms with Crippen molar-refractivity contribution in [1.29, 1.82) is 0 Å². The summed E-state index contributed by atoms with van der Waals surface area (Å²) in [6.45, 7) is 0. The van der Waals surface area contributed by atoms with Crippen molar-refractivity contribution in [2.24, 2.45) is 23.2 Å². The first kappa shape index (κ1) is 12.4. The average molecular weight is 274 g/mol. The molecule has 0 amide bonds. The minimum absolute atomic E-state index is 0.0934. The van der Waals surface area contributed by atoms with Crippen molar-refractivity contribution in [2.75, 3.05) is 0 Å². The van der Waals surface area contributed by atoms with E-state index in [-0.39, 0.29) is 17.9 Å². The number of hydrogen-bond acceptors (Lipinski definition) is 2. The summed E-state index contributed by atoms with van der Waals surface area (Å²) in [5.74, 6) is 1.86. The van der Waals surface area contributed by atoms with Gasteiger partial charge in [-0.2, -0.15) is 0 Å². The van der Waals surface area contributed by atoms with Gasteiger partial charge in [-0.15, -0.1) is 0 Å². The van der Waals surface area contributed by atoms with Crippen LogP contribution in [0.25, 0.3) is 0 Å². The van der Waals surface area contributed by atoms with Crippen LogP contribution in [0.3, 0.4) is 0 Å². The molecular weight excluding hydrogens is 252 g/mol. The minimum Gasteiger partial charge on any atom is -0.481 e. The molecule has 1 heterocycles. The number of aromatic nitrogens is 2. The highest BCUT2D eigenvalue weighted by molar-refractivity contribution is 5.67. The van der Waals surface area contributed by atoms with Gasteiger partial charge in [-0.1, -0.05) is 0 Å². The molecule has 4 bridgehead atoms. The lowest BCUT2D eigenvalue weighted by atomic mass is 9.47. The largest absolute Gasteiger partial charge is 0.481 e. The first-order chi connectivity index (χ1) is 9.64. The molecule has 1 aromatic rings. The predicted octanol–water partition coefficient (Wildman–Crippen LogP) is 3.12. The van der Waals surface area contributed by atoms with Crippen LogP contribution in [-0.4, -0.2) is 20.6 Å². The molecule has 0 spiro atoms. The van der Waals surface area contributed by atoms with Crippen LogP contribution in [0.5, 0.6) is 0 Å². The van der Waals surface area contributed by atoms with Crippen LogP contribution in [0.2, 0.25) is 0 Å². The van der Waals surface area contributed by atoms with Gasteiger partial charge in [0.1, 0.15) is 0 Å². The molecule has 0 radical (unpaired) electrons. The van der Waals surface area contributed by atoms with Gasteiger partial charge >= 0.3 is 5.97 Å². The second kappa shape index (κ2) is 4.34. The van der Waals surface area contributed by atoms with E-state index in [1.54, 1.807) is 6.20 Å². The average Bonchev–Trinajstić information content (AvgIpc) is 2.87. The molecule has 4 saturated carbocycles. The molecule has 4 aliphatic carbocycles. The van der Waals surface area contributed by atoms with Crippen molar-refractivity contribution in [3.63, 3.8) is 0 Å². The summed E-state index contributed by atoms with van der Waals surface area (Å²) in [7, 11) is 0. The molecule has 4 heteroatoms. The number of carbonyl (C=O) groups is 1. The fourth-order valence-electron chi connectivity index (χ4n) is 5.84. The number of hydrogen-bond donors (Lipinski definition) is 1. The Morgan fingerprint density at radius 1 is 1.25 bits per heavy atom. The van der Waals surface area contributed by atoms with E-state index in [1.807, 2.05) is 12.5 Å². The van der Waals surface area contributed by atoms with Crippen molar-refractivity contribution >= 4 is 5.97 Å². The molecule has 108 valence electrons. The number of carboxylic acids is 1. The van der Waals surface area contributed by atoms with Gasteiger partial charge in [0.15, 0.2) is 0 Å². The minimum atomic E-state index is -0.681. The van der Waals surface area contributed by atoms with Crippen LogP contribution in [0, 0.1) is 23.2 Å². The lowest BCUT2D eigenvalue weighted by molar-refractivity contribution is -0.142. The van der Waals surface area contributed by atoms with Gasteiger partial charge in [-0.3, -0.25) is 4.79 Å². The summed E-state index contributed by atoms with van der Waals surface area (Å²) in [6, 6.07) is 0.0934. The van der Waals surface area contributed by atoms with Gasteiger partial charge in [0.25, 0.3) is 0 Å². The standard InChI is InChI=1S/C16H22N2O2/c19-15(20)6-14(18-2-1-17-10-18)16-7-11-3-12(8-16)5-13(4-11)9-16/h1-2,10-14H,3-9H2,(H,19,20). The lowest BCUT2D eigenvalue weighted by Gasteiger charge is -2.59. The summed E-state index contributed by atoms with van der Waals surface area (Å²) in [4.78, 5) is 15.5. The van der Waals surface area contributed by atoms with Crippen molar-refractivity contribution in [3.05, 3.63) is 18.7 Å². The van der Waals surface area contributed by atoms with Crippen molar-refractivity contribution in [2.45, 2.75) is 51.0 Å². The number of rotatable bonds is 4. The highest BCUT2D eigenvalue weighted by atomic mass is 16.4. The monoisotopic (exact) mass is 274 g/mol. The zero-order valence-corrected chi connectivity index (χ0v) is 11.7. The Morgan fingerprint density at radius 3 is 2.30 bits per heavy atom. The molecule has 0 aromatic carbocycles. The normalized spacial score (nSPS) is 39.9. The highest BCUT2D eigenvalue weighted by Gasteiger charge is 2.54. The van der Waals surface area contributed by atoms with Gasteiger partial charge in [0.2, 0.25) is 0 Å². The van der Waals surface area contributed by atoms with Gasteiger partial charge in [0.05, 0.1) is 18.8 Å². The summed E-state index contributed by atoms with van der Waals surface area (Å²) >= 11 is 0. The third-order valence-corrected chi connectivity index (χ3v) is 6.05. The molecular formula is C16H22N2O2. The van der Waals surface area contributed by atoms with Crippen LogP contribution in [0.4, 0.5) is 0 Å². The summed E-state index contributed by atoms with van der Waals surface area (Å²) < 4.78 is 2.07. The lowest BCUT2D eigenvalue weighted by Crippen LogP contribution is -2.50. The Bertz CT molecular complexity index is 473. The maximum absolute atomic E-state index is 11.4. The fourth-order valence-corrected chi connectivity index (χ4v) is 5.84. The second-order valence-corrected chi connectivity index (χ2v) is 7.40. The number of carboxylic acid groups (broad SMARTS) is 1. The van der Waals surface area contributed by atoms with Gasteiger partial charge in [-0.25, -0.2) is 4.98 Å². The molecule has 1 N–H and O–H groups in total. The molecule has 1 aromatic heterocycles. The van der Waals surface area contributed by atoms with Crippen molar-refractivity contribution < 1.29 is 9.90 Å². The summed E-state index contributed by atoms with van der Waals surface area (Å²) in [5, 5.41) is 9.35. The topological polar surface area (TPSA) is 55.1 Å². The van der Waals surface area contributed by atoms with E-state index in [0.717, 1.165) is 17.8 Å². The van der Waals surface area contributed by atoms with Crippen LogP contribution in [0.15, 0.2) is 18.7 Å². The molecule has 0 aliphatic heterocycles. The molecule has 20 heavy (non-hydrogen) atoms. The predicted molar refractivity (Wildman–Crippen MR) is 74.1 cm³/mol. The van der Waals surface area contributed by atoms with Crippen LogP contribution >= 0.6 is 0 Å². The van der Waals surface area contributed by atoms with Crippen LogP contribution < -0.4 is 0 Å². The van der Waals surface area contributed by atoms with Gasteiger partial charge in [-0.05, 0) is 61.7 Å². The zero-order chi connectivity index (χ0) is 13.7. The van der Waals surface area contributed by atoms with Crippen LogP contribution in [0.1, 0.15) is 51.0 Å². The third kappa shape index (κ3) is 1.88. The molecule has 5 rings (SSSR count). The Balaban J connectivity index is 1.70. The first-order valence-corrected chi connectivity index (χ1v) is 7.84. The van der Waals surface area contributed by atoms with E-state index < -0.39 is 5.97 Å². The summed E-state index contributed by atoms with van der Waals surface area (Å²) in [5.41, 5.74) is 0.216. The fraction of sp³-hybridized carbons (Fsp3) is 0.750. The smallest absolute Gasteiger partial charge is 0.305 e. The molecule has 1 unspecified atom stereocenters. The summed E-state index contributed by atoms with van der Waals surface area (Å²) in [6.07, 6.45) is 13.6.